The number of ether oxygens (including phenoxy) is 1. The van der Waals surface area contributed by atoms with Gasteiger partial charge in [-0.1, -0.05) is 32.0 Å². The van der Waals surface area contributed by atoms with Crippen molar-refractivity contribution in [2.45, 2.75) is 33.6 Å². The Kier molecular flexibility index (Phi) is 8.88. The zero-order chi connectivity index (χ0) is 19.5. The van der Waals surface area contributed by atoms with E-state index in [-0.39, 0.29) is 25.3 Å². The molecule has 3 N–H and O–H groups in total. The largest absolute Gasteiger partial charge is 0.449 e. The van der Waals surface area contributed by atoms with Crippen LogP contribution in [-0.2, 0) is 22.4 Å². The molecule has 0 radical (unpaired) electrons. The smallest absolute Gasteiger partial charge is 0.413 e. The summed E-state index contributed by atoms with van der Waals surface area (Å²) < 4.78 is 4.92. The van der Waals surface area contributed by atoms with Crippen LogP contribution >= 0.6 is 0 Å². The summed E-state index contributed by atoms with van der Waals surface area (Å²) in [5, 5.41) is 12.2. The van der Waals surface area contributed by atoms with Gasteiger partial charge in [0.2, 0.25) is 0 Å². The lowest BCUT2D eigenvalue weighted by molar-refractivity contribution is -0.112. The minimum absolute atomic E-state index is 0.142. The van der Waals surface area contributed by atoms with Crippen molar-refractivity contribution in [3.8, 4) is 6.07 Å². The molecule has 140 valence electrons. The van der Waals surface area contributed by atoms with Gasteiger partial charge in [0.25, 0.3) is 5.91 Å². The molecule has 0 saturated carbocycles. The predicted molar refractivity (Wildman–Crippen MR) is 100 cm³/mol. The zero-order valence-corrected chi connectivity index (χ0v) is 15.5. The molecule has 0 heterocycles. The molecule has 1 aromatic rings. The van der Waals surface area contributed by atoms with E-state index in [0.29, 0.717) is 5.69 Å². The Morgan fingerprint density at radius 2 is 1.88 bits per heavy atom. The molecular formula is C19H26N4O3. The van der Waals surface area contributed by atoms with E-state index in [9.17, 15) is 14.9 Å². The van der Waals surface area contributed by atoms with E-state index in [1.807, 2.05) is 38.1 Å². The Bertz CT molecular complexity index is 685. The Morgan fingerprint density at radius 1 is 1.27 bits per heavy atom. The summed E-state index contributed by atoms with van der Waals surface area (Å²) in [7, 11) is 0. The lowest BCUT2D eigenvalue weighted by atomic mass is 10.0. The minimum Gasteiger partial charge on any atom is -0.449 e. The van der Waals surface area contributed by atoms with Crippen molar-refractivity contribution < 1.29 is 14.3 Å². The highest BCUT2D eigenvalue weighted by Crippen LogP contribution is 2.23. The third-order valence-corrected chi connectivity index (χ3v) is 3.76. The number of amides is 2. The lowest BCUT2D eigenvalue weighted by Crippen LogP contribution is -2.32. The van der Waals surface area contributed by atoms with Gasteiger partial charge in [-0.05, 0) is 30.9 Å². The second-order valence-electron chi connectivity index (χ2n) is 5.45. The maximum atomic E-state index is 12.6. The highest BCUT2D eigenvalue weighted by molar-refractivity contribution is 6.07. The lowest BCUT2D eigenvalue weighted by Gasteiger charge is -2.18. The molecule has 2 amide bonds. The van der Waals surface area contributed by atoms with Crippen LogP contribution in [0.2, 0.25) is 0 Å². The number of nitrogens with zero attached hydrogens (tertiary/aromatic N) is 2. The summed E-state index contributed by atoms with van der Waals surface area (Å²) in [6, 6.07) is 7.65. The van der Waals surface area contributed by atoms with Crippen LogP contribution < -0.4 is 11.1 Å². The molecule has 1 rings (SSSR count). The number of carbonyl (C=O) groups is 2. The first-order valence-corrected chi connectivity index (χ1v) is 8.69. The molecule has 0 bridgehead atoms. The van der Waals surface area contributed by atoms with Gasteiger partial charge in [0, 0.05) is 25.0 Å². The third-order valence-electron chi connectivity index (χ3n) is 3.76. The van der Waals surface area contributed by atoms with E-state index in [1.54, 1.807) is 6.92 Å². The van der Waals surface area contributed by atoms with Crippen LogP contribution in [0.1, 0.15) is 31.9 Å². The van der Waals surface area contributed by atoms with Gasteiger partial charge in [0.1, 0.15) is 11.6 Å². The molecule has 0 aliphatic carbocycles. The molecule has 0 fully saturated rings. The van der Waals surface area contributed by atoms with E-state index >= 15 is 0 Å². The molecule has 0 saturated heterocycles. The number of carbonyl (C=O) groups excluding carboxylic acids is 2. The number of nitrogens with two attached hydrogens (primary N) is 1. The average molecular weight is 358 g/mol. The number of hydrogen-bond acceptors (Lipinski definition) is 5. The minimum atomic E-state index is -0.651. The van der Waals surface area contributed by atoms with Crippen molar-refractivity contribution >= 4 is 17.7 Å². The number of para-hydroxylation sites is 1. The fraction of sp³-hybridized carbons (Fsp3) is 0.421. The van der Waals surface area contributed by atoms with Crippen LogP contribution in [0.4, 0.5) is 10.5 Å². The molecule has 26 heavy (non-hydrogen) atoms. The third kappa shape index (κ3) is 5.60. The van der Waals surface area contributed by atoms with Crippen LogP contribution in [0.25, 0.3) is 0 Å². The predicted octanol–water partition coefficient (Wildman–Crippen LogP) is 2.57. The van der Waals surface area contributed by atoms with E-state index in [4.69, 9.17) is 10.5 Å². The van der Waals surface area contributed by atoms with Crippen LogP contribution in [-0.4, -0.2) is 36.6 Å². The molecule has 1 aromatic carbocycles. The Morgan fingerprint density at radius 3 is 2.35 bits per heavy atom. The summed E-state index contributed by atoms with van der Waals surface area (Å²) >= 11 is 0. The first-order valence-electron chi connectivity index (χ1n) is 8.69. The van der Waals surface area contributed by atoms with Crippen molar-refractivity contribution in [2.24, 2.45) is 5.73 Å². The van der Waals surface area contributed by atoms with Gasteiger partial charge in [-0.2, -0.15) is 5.26 Å². The summed E-state index contributed by atoms with van der Waals surface area (Å²) in [4.78, 5) is 25.7. The molecule has 7 heteroatoms. The highest BCUT2D eigenvalue weighted by atomic mass is 16.6. The van der Waals surface area contributed by atoms with Crippen LogP contribution in [0, 0.1) is 11.3 Å². The van der Waals surface area contributed by atoms with Gasteiger partial charge in [-0.25, -0.2) is 4.79 Å². The standard InChI is InChI=1S/C19H26N4O3/c1-4-14-8-7-9-15(5-2)17(14)22-18(24)16(12-21)13-23(11-10-20)19(25)26-6-3/h7-9,13H,4-6,10-11,20H2,1-3H3,(H,22,24)/b16-13-. The van der Waals surface area contributed by atoms with E-state index in [0.717, 1.165) is 28.9 Å². The molecule has 7 nitrogen and oxygen atoms in total. The van der Waals surface area contributed by atoms with Gasteiger partial charge in [-0.3, -0.25) is 9.69 Å². The maximum absolute atomic E-state index is 12.6. The first kappa shape index (κ1) is 21.2. The maximum Gasteiger partial charge on any atom is 0.413 e. The average Bonchev–Trinajstić information content (AvgIpc) is 2.65. The Labute approximate surface area is 154 Å². The van der Waals surface area contributed by atoms with Gasteiger partial charge in [0.05, 0.1) is 6.61 Å². The van der Waals surface area contributed by atoms with Gasteiger partial charge < -0.3 is 15.8 Å². The van der Waals surface area contributed by atoms with Crippen molar-refractivity contribution in [3.05, 3.63) is 41.1 Å². The van der Waals surface area contributed by atoms with E-state index in [1.165, 1.54) is 6.20 Å². The topological polar surface area (TPSA) is 108 Å². The van der Waals surface area contributed by atoms with Crippen molar-refractivity contribution in [1.29, 1.82) is 5.26 Å². The van der Waals surface area contributed by atoms with E-state index < -0.39 is 12.0 Å². The summed E-state index contributed by atoms with van der Waals surface area (Å²) in [5.41, 5.74) is 7.98. The van der Waals surface area contributed by atoms with Crippen LogP contribution in [0.15, 0.2) is 30.0 Å². The van der Waals surface area contributed by atoms with Gasteiger partial charge >= 0.3 is 6.09 Å². The highest BCUT2D eigenvalue weighted by Gasteiger charge is 2.18. The fourth-order valence-electron chi connectivity index (χ4n) is 2.43. The Hall–Kier alpha value is -2.85. The molecule has 0 atom stereocenters. The first-order chi connectivity index (χ1) is 12.5. The van der Waals surface area contributed by atoms with Gasteiger partial charge in [0.15, 0.2) is 0 Å². The van der Waals surface area contributed by atoms with Crippen LogP contribution in [0.5, 0.6) is 0 Å². The Balaban J connectivity index is 3.13. The zero-order valence-electron chi connectivity index (χ0n) is 15.5. The van der Waals surface area contributed by atoms with Gasteiger partial charge in [-0.15, -0.1) is 0 Å². The molecule has 0 spiro atoms. The molecule has 0 aliphatic heterocycles. The SMILES string of the molecule is CCOC(=O)N(/C=C(/C#N)C(=O)Nc1c(CC)cccc1CC)CCN. The monoisotopic (exact) mass is 358 g/mol. The van der Waals surface area contributed by atoms with Crippen LogP contribution in [0.3, 0.4) is 0 Å². The number of nitriles is 1. The fourth-order valence-corrected chi connectivity index (χ4v) is 2.43. The van der Waals surface area contributed by atoms with Crippen molar-refractivity contribution in [1.82, 2.24) is 4.90 Å². The molecule has 0 unspecified atom stereocenters. The number of benzene rings is 1. The van der Waals surface area contributed by atoms with E-state index in [2.05, 4.69) is 5.32 Å². The second kappa shape index (κ2) is 10.9. The molecule has 0 aliphatic rings. The summed E-state index contributed by atoms with van der Waals surface area (Å²) in [6.45, 7) is 6.17. The number of hydrogen-bond donors (Lipinski definition) is 2. The number of nitrogens with one attached hydrogen (secondary N) is 1. The number of anilines is 1. The second-order valence-corrected chi connectivity index (χ2v) is 5.45. The summed E-state index contributed by atoms with van der Waals surface area (Å²) in [6.07, 6.45) is 2.02. The number of rotatable bonds is 8. The summed E-state index contributed by atoms with van der Waals surface area (Å²) in [5.74, 6) is -0.575. The quantitative estimate of drug-likeness (QED) is 0.548. The molecule has 0 aromatic heterocycles. The molecular weight excluding hydrogens is 332 g/mol. The number of aryl methyl sites for hydroxylation is 2. The van der Waals surface area contributed by atoms with Crippen molar-refractivity contribution in [3.63, 3.8) is 0 Å². The normalized spacial score (nSPS) is 10.8. The van der Waals surface area contributed by atoms with Crippen molar-refractivity contribution in [2.75, 3.05) is 25.0 Å².